The fourth-order valence-corrected chi connectivity index (χ4v) is 3.24. The van der Waals surface area contributed by atoms with Gasteiger partial charge in [0.1, 0.15) is 18.2 Å². The van der Waals surface area contributed by atoms with Gasteiger partial charge in [0.2, 0.25) is 0 Å². The largest absolute Gasteiger partial charge is 0.490 e. The number of carbonyl (C=O) groups excluding carboxylic acids is 1. The first kappa shape index (κ1) is 18.2. The number of urea groups is 1. The predicted octanol–water partition coefficient (Wildman–Crippen LogP) is 2.92. The van der Waals surface area contributed by atoms with Gasteiger partial charge in [-0.1, -0.05) is 12.1 Å². The zero-order chi connectivity index (χ0) is 18.5. The van der Waals surface area contributed by atoms with E-state index >= 15 is 0 Å². The number of aromatic nitrogens is 3. The van der Waals surface area contributed by atoms with Crippen molar-refractivity contribution in [2.75, 3.05) is 13.1 Å². The maximum absolute atomic E-state index is 12.5. The van der Waals surface area contributed by atoms with E-state index in [1.807, 2.05) is 41.5 Å². The Kier molecular flexibility index (Phi) is 5.75. The summed E-state index contributed by atoms with van der Waals surface area (Å²) in [6.45, 7) is 8.18. The summed E-state index contributed by atoms with van der Waals surface area (Å²) < 4.78 is 7.99. The topological polar surface area (TPSA) is 72.3 Å². The number of rotatable bonds is 5. The van der Waals surface area contributed by atoms with Crippen molar-refractivity contribution in [3.8, 4) is 5.75 Å². The second kappa shape index (κ2) is 8.21. The van der Waals surface area contributed by atoms with Crippen molar-refractivity contribution >= 4 is 6.03 Å². The third-order valence-corrected chi connectivity index (χ3v) is 4.73. The van der Waals surface area contributed by atoms with Crippen LogP contribution >= 0.6 is 0 Å². The zero-order valence-electron chi connectivity index (χ0n) is 15.7. The Hall–Kier alpha value is -2.57. The van der Waals surface area contributed by atoms with Crippen molar-refractivity contribution in [2.24, 2.45) is 0 Å². The van der Waals surface area contributed by atoms with Gasteiger partial charge >= 0.3 is 6.03 Å². The van der Waals surface area contributed by atoms with E-state index in [1.165, 1.54) is 5.56 Å². The standard InChI is InChI=1S/C19H27N5O2/c1-4-23-13-20-22-18(23)15(3)21-19(25)24-10-8-16(9-11-24)26-17-7-5-6-14(2)12-17/h5-7,12-13,15-16H,4,8-11H2,1-3H3,(H,21,25)/t15-/m1/s1. The number of nitrogens with one attached hydrogen (secondary N) is 1. The zero-order valence-corrected chi connectivity index (χ0v) is 15.7. The minimum absolute atomic E-state index is 0.0582. The van der Waals surface area contributed by atoms with Crippen LogP contribution in [-0.2, 0) is 6.54 Å². The van der Waals surface area contributed by atoms with E-state index in [4.69, 9.17) is 4.74 Å². The van der Waals surface area contributed by atoms with E-state index in [9.17, 15) is 4.79 Å². The van der Waals surface area contributed by atoms with E-state index in [-0.39, 0.29) is 18.2 Å². The molecule has 0 bridgehead atoms. The number of benzene rings is 1. The molecule has 0 saturated carbocycles. The van der Waals surface area contributed by atoms with Gasteiger partial charge in [-0.15, -0.1) is 10.2 Å². The van der Waals surface area contributed by atoms with Crippen LogP contribution in [0.5, 0.6) is 5.75 Å². The lowest BCUT2D eigenvalue weighted by Gasteiger charge is -2.33. The molecule has 0 aliphatic carbocycles. The Morgan fingerprint density at radius 1 is 1.38 bits per heavy atom. The predicted molar refractivity (Wildman–Crippen MR) is 99.0 cm³/mol. The molecule has 7 nitrogen and oxygen atoms in total. The van der Waals surface area contributed by atoms with Gasteiger partial charge in [-0.2, -0.15) is 0 Å². The summed E-state index contributed by atoms with van der Waals surface area (Å²) in [7, 11) is 0. The lowest BCUT2D eigenvalue weighted by molar-refractivity contribution is 0.110. The molecule has 1 saturated heterocycles. The van der Waals surface area contributed by atoms with Gasteiger partial charge < -0.3 is 19.5 Å². The average molecular weight is 357 g/mol. The summed E-state index contributed by atoms with van der Waals surface area (Å²) in [6.07, 6.45) is 3.51. The fraction of sp³-hybridized carbons (Fsp3) is 0.526. The summed E-state index contributed by atoms with van der Waals surface area (Å²) in [4.78, 5) is 14.4. The Morgan fingerprint density at radius 3 is 2.85 bits per heavy atom. The van der Waals surface area contributed by atoms with Crippen molar-refractivity contribution in [1.29, 1.82) is 0 Å². The number of aryl methyl sites for hydroxylation is 2. The molecule has 26 heavy (non-hydrogen) atoms. The van der Waals surface area contributed by atoms with Crippen LogP contribution in [0.1, 0.15) is 44.1 Å². The number of hydrogen-bond donors (Lipinski definition) is 1. The molecule has 2 heterocycles. The molecule has 1 atom stereocenters. The first-order valence-corrected chi connectivity index (χ1v) is 9.23. The lowest BCUT2D eigenvalue weighted by atomic mass is 10.1. The normalized spacial score (nSPS) is 16.3. The quantitative estimate of drug-likeness (QED) is 0.893. The van der Waals surface area contributed by atoms with E-state index in [0.29, 0.717) is 13.1 Å². The first-order valence-electron chi connectivity index (χ1n) is 9.23. The van der Waals surface area contributed by atoms with Gasteiger partial charge in [-0.05, 0) is 38.5 Å². The number of piperidine rings is 1. The smallest absolute Gasteiger partial charge is 0.317 e. The average Bonchev–Trinajstić information content (AvgIpc) is 3.11. The summed E-state index contributed by atoms with van der Waals surface area (Å²) in [6, 6.07) is 7.86. The number of hydrogen-bond acceptors (Lipinski definition) is 4. The summed E-state index contributed by atoms with van der Waals surface area (Å²) in [5.74, 6) is 1.68. The van der Waals surface area contributed by atoms with Crippen LogP contribution in [0.3, 0.4) is 0 Å². The molecular weight excluding hydrogens is 330 g/mol. The Morgan fingerprint density at radius 2 is 2.15 bits per heavy atom. The molecular formula is C19H27N5O2. The number of ether oxygens (including phenoxy) is 1. The minimum Gasteiger partial charge on any atom is -0.490 e. The monoisotopic (exact) mass is 357 g/mol. The van der Waals surface area contributed by atoms with E-state index in [2.05, 4.69) is 28.5 Å². The molecule has 140 valence electrons. The van der Waals surface area contributed by atoms with Gasteiger partial charge in [-0.3, -0.25) is 0 Å². The highest BCUT2D eigenvalue weighted by molar-refractivity contribution is 5.74. The third kappa shape index (κ3) is 4.33. The number of likely N-dealkylation sites (tertiary alicyclic amines) is 1. The molecule has 2 amide bonds. The number of carbonyl (C=O) groups is 1. The highest BCUT2D eigenvalue weighted by Crippen LogP contribution is 2.20. The van der Waals surface area contributed by atoms with Crippen LogP contribution < -0.4 is 10.1 Å². The molecule has 1 aromatic carbocycles. The van der Waals surface area contributed by atoms with Crippen molar-refractivity contribution in [2.45, 2.75) is 52.3 Å². The highest BCUT2D eigenvalue weighted by atomic mass is 16.5. The summed E-state index contributed by atoms with van der Waals surface area (Å²) >= 11 is 0. The van der Waals surface area contributed by atoms with Crippen LogP contribution in [0.15, 0.2) is 30.6 Å². The number of amides is 2. The lowest BCUT2D eigenvalue weighted by Crippen LogP contribution is -2.47. The SMILES string of the molecule is CCn1cnnc1[C@@H](C)NC(=O)N1CCC(Oc2cccc(C)c2)CC1. The molecule has 1 aliphatic heterocycles. The van der Waals surface area contributed by atoms with Gasteiger partial charge in [0, 0.05) is 32.5 Å². The maximum Gasteiger partial charge on any atom is 0.317 e. The highest BCUT2D eigenvalue weighted by Gasteiger charge is 2.25. The first-order chi connectivity index (χ1) is 12.6. The Labute approximate surface area is 154 Å². The third-order valence-electron chi connectivity index (χ3n) is 4.73. The van der Waals surface area contributed by atoms with E-state index in [0.717, 1.165) is 31.0 Å². The van der Waals surface area contributed by atoms with Gasteiger partial charge in [-0.25, -0.2) is 4.79 Å². The molecule has 1 N–H and O–H groups in total. The van der Waals surface area contributed by atoms with Crippen LogP contribution in [0.25, 0.3) is 0 Å². The van der Waals surface area contributed by atoms with Crippen molar-refractivity contribution < 1.29 is 9.53 Å². The molecule has 1 aliphatic rings. The second-order valence-electron chi connectivity index (χ2n) is 6.77. The van der Waals surface area contributed by atoms with E-state index in [1.54, 1.807) is 6.33 Å². The van der Waals surface area contributed by atoms with Crippen LogP contribution in [0.2, 0.25) is 0 Å². The number of nitrogens with zero attached hydrogens (tertiary/aromatic N) is 4. The van der Waals surface area contributed by atoms with Gasteiger partial charge in [0.15, 0.2) is 5.82 Å². The molecule has 1 aromatic heterocycles. The summed E-state index contributed by atoms with van der Waals surface area (Å²) in [5, 5.41) is 11.1. The molecule has 0 unspecified atom stereocenters. The maximum atomic E-state index is 12.5. The molecule has 2 aromatic rings. The Balaban J connectivity index is 1.49. The molecule has 0 radical (unpaired) electrons. The molecule has 7 heteroatoms. The van der Waals surface area contributed by atoms with Crippen LogP contribution in [-0.4, -0.2) is 44.9 Å². The van der Waals surface area contributed by atoms with Gasteiger partial charge in [0.05, 0.1) is 6.04 Å². The molecule has 0 spiro atoms. The fourth-order valence-electron chi connectivity index (χ4n) is 3.24. The second-order valence-corrected chi connectivity index (χ2v) is 6.77. The summed E-state index contributed by atoms with van der Waals surface area (Å²) in [5.41, 5.74) is 1.19. The van der Waals surface area contributed by atoms with Crippen LogP contribution in [0.4, 0.5) is 4.79 Å². The van der Waals surface area contributed by atoms with Crippen molar-refractivity contribution in [3.05, 3.63) is 42.0 Å². The molecule has 3 rings (SSSR count). The molecule has 1 fully saturated rings. The van der Waals surface area contributed by atoms with Gasteiger partial charge in [0.25, 0.3) is 0 Å². The van der Waals surface area contributed by atoms with E-state index < -0.39 is 0 Å². The van der Waals surface area contributed by atoms with Crippen molar-refractivity contribution in [3.63, 3.8) is 0 Å². The minimum atomic E-state index is -0.175. The van der Waals surface area contributed by atoms with Crippen LogP contribution in [0, 0.1) is 6.92 Å². The van der Waals surface area contributed by atoms with Crippen molar-refractivity contribution in [1.82, 2.24) is 25.0 Å². The Bertz CT molecular complexity index is 737.